The third-order valence-corrected chi connectivity index (χ3v) is 7.79. The Hall–Kier alpha value is -3.56. The summed E-state index contributed by atoms with van der Waals surface area (Å²) in [5, 5.41) is 12.5. The number of carbonyl (C=O) groups is 1. The average molecular weight is 510 g/mol. The summed E-state index contributed by atoms with van der Waals surface area (Å²) in [6, 6.07) is 19.5. The molecule has 36 heavy (non-hydrogen) atoms. The van der Waals surface area contributed by atoms with Gasteiger partial charge in [-0.15, -0.1) is 0 Å². The quantitative estimate of drug-likeness (QED) is 0.425. The molecule has 3 aromatic carbocycles. The van der Waals surface area contributed by atoms with Crippen LogP contribution in [0.5, 0.6) is 11.5 Å². The fourth-order valence-corrected chi connectivity index (χ4v) is 5.64. The highest BCUT2D eigenvalue weighted by molar-refractivity contribution is 7.92. The van der Waals surface area contributed by atoms with E-state index in [1.165, 1.54) is 48.3 Å². The van der Waals surface area contributed by atoms with Gasteiger partial charge in [0.25, 0.3) is 10.0 Å². The van der Waals surface area contributed by atoms with Gasteiger partial charge in [-0.3, -0.25) is 14.0 Å². The van der Waals surface area contributed by atoms with E-state index in [1.54, 1.807) is 48.5 Å². The summed E-state index contributed by atoms with van der Waals surface area (Å²) in [5.74, 6) is 0.498. The Morgan fingerprint density at radius 2 is 1.72 bits per heavy atom. The van der Waals surface area contributed by atoms with Crippen molar-refractivity contribution < 1.29 is 23.1 Å². The summed E-state index contributed by atoms with van der Waals surface area (Å²) in [6.45, 7) is 5.08. The average Bonchev–Trinajstić information content (AvgIpc) is 3.37. The third kappa shape index (κ3) is 6.56. The molecule has 2 N–H and O–H groups in total. The number of hydrogen-bond donors (Lipinski definition) is 2. The largest absolute Gasteiger partial charge is 0.508 e. The van der Waals surface area contributed by atoms with Crippen molar-refractivity contribution in [1.29, 1.82) is 0 Å². The fourth-order valence-electron chi connectivity index (χ4n) is 4.18. The Morgan fingerprint density at radius 3 is 2.36 bits per heavy atom. The molecule has 1 aliphatic heterocycles. The summed E-state index contributed by atoms with van der Waals surface area (Å²) >= 11 is 0. The van der Waals surface area contributed by atoms with Gasteiger partial charge in [0.05, 0.1) is 17.1 Å². The van der Waals surface area contributed by atoms with E-state index in [-0.39, 0.29) is 23.1 Å². The summed E-state index contributed by atoms with van der Waals surface area (Å²) in [6.07, 6.45) is 2.46. The number of rotatable bonds is 10. The smallest absolute Gasteiger partial charge is 0.264 e. The molecule has 3 aromatic rings. The molecule has 0 unspecified atom stereocenters. The number of aromatic hydroxyl groups is 1. The van der Waals surface area contributed by atoms with Gasteiger partial charge in [-0.1, -0.05) is 12.1 Å². The normalized spacial score (nSPS) is 13.9. The van der Waals surface area contributed by atoms with Crippen LogP contribution < -0.4 is 14.4 Å². The highest BCUT2D eigenvalue weighted by atomic mass is 32.2. The van der Waals surface area contributed by atoms with E-state index in [0.29, 0.717) is 29.3 Å². The van der Waals surface area contributed by atoms with Crippen LogP contribution in [0.25, 0.3) is 0 Å². The minimum absolute atomic E-state index is 0.0271. The van der Waals surface area contributed by atoms with E-state index >= 15 is 0 Å². The van der Waals surface area contributed by atoms with E-state index in [2.05, 4.69) is 10.2 Å². The van der Waals surface area contributed by atoms with E-state index < -0.39 is 10.0 Å². The predicted octanol–water partition coefficient (Wildman–Crippen LogP) is 4.22. The molecule has 0 saturated carbocycles. The second kappa shape index (κ2) is 11.5. The molecule has 1 fully saturated rings. The number of likely N-dealkylation sites (tertiary alicyclic amines) is 1. The van der Waals surface area contributed by atoms with Crippen molar-refractivity contribution in [2.45, 2.75) is 31.2 Å². The van der Waals surface area contributed by atoms with Crippen LogP contribution in [0, 0.1) is 0 Å². The molecule has 9 heteroatoms. The van der Waals surface area contributed by atoms with Crippen molar-refractivity contribution in [2.75, 3.05) is 35.9 Å². The Bertz CT molecular complexity index is 1270. The van der Waals surface area contributed by atoms with Crippen LogP contribution in [0.4, 0.5) is 11.4 Å². The Labute approximate surface area is 212 Å². The summed E-state index contributed by atoms with van der Waals surface area (Å²) in [5.41, 5.74) is 1.62. The molecule has 0 atom stereocenters. The number of phenolic OH excluding ortho intramolecular Hbond substituents is 1. The molecular formula is C27H31N3O5S. The highest BCUT2D eigenvalue weighted by Gasteiger charge is 2.25. The van der Waals surface area contributed by atoms with E-state index in [9.17, 15) is 18.3 Å². The van der Waals surface area contributed by atoms with Crippen LogP contribution >= 0.6 is 0 Å². The molecular weight excluding hydrogens is 478 g/mol. The lowest BCUT2D eigenvalue weighted by Gasteiger charge is -2.25. The molecule has 1 amide bonds. The monoisotopic (exact) mass is 509 g/mol. The number of amides is 1. The van der Waals surface area contributed by atoms with E-state index in [0.717, 1.165) is 19.6 Å². The molecule has 1 aliphatic rings. The molecule has 0 radical (unpaired) electrons. The zero-order chi connectivity index (χ0) is 25.5. The standard InChI is InChI=1S/C27H31N3O5S/c1-21(31)28-23-7-13-27(14-8-23)36(33,34)30(20-22-5-4-6-25(32)19-22)24-9-11-26(12-10-24)35-18-17-29-15-2-3-16-29/h4-14,19,32H,2-3,15-18,20H2,1H3,(H,28,31). The molecule has 190 valence electrons. The minimum Gasteiger partial charge on any atom is -0.508 e. The summed E-state index contributed by atoms with van der Waals surface area (Å²) in [7, 11) is -3.96. The number of hydrogen-bond acceptors (Lipinski definition) is 6. The van der Waals surface area contributed by atoms with Crippen molar-refractivity contribution in [2.24, 2.45) is 0 Å². The Morgan fingerprint density at radius 1 is 1.03 bits per heavy atom. The molecule has 0 aliphatic carbocycles. The number of benzene rings is 3. The topological polar surface area (TPSA) is 99.2 Å². The molecule has 1 saturated heterocycles. The molecule has 8 nitrogen and oxygen atoms in total. The van der Waals surface area contributed by atoms with Crippen LogP contribution in [0.15, 0.2) is 77.7 Å². The second-order valence-corrected chi connectivity index (χ2v) is 10.6. The van der Waals surface area contributed by atoms with Crippen LogP contribution in [-0.4, -0.2) is 50.6 Å². The van der Waals surface area contributed by atoms with Crippen molar-refractivity contribution in [3.8, 4) is 11.5 Å². The number of nitrogens with one attached hydrogen (secondary N) is 1. The predicted molar refractivity (Wildman–Crippen MR) is 140 cm³/mol. The van der Waals surface area contributed by atoms with Crippen molar-refractivity contribution in [1.82, 2.24) is 4.90 Å². The first kappa shape index (κ1) is 25.5. The van der Waals surface area contributed by atoms with Gasteiger partial charge in [0, 0.05) is 19.2 Å². The Kier molecular flexibility index (Phi) is 8.12. The van der Waals surface area contributed by atoms with Gasteiger partial charge in [0.15, 0.2) is 0 Å². The lowest BCUT2D eigenvalue weighted by Crippen LogP contribution is -2.30. The summed E-state index contributed by atoms with van der Waals surface area (Å²) in [4.78, 5) is 13.8. The first-order valence-corrected chi connectivity index (χ1v) is 13.4. The maximum atomic E-state index is 13.7. The van der Waals surface area contributed by atoms with Gasteiger partial charge in [-0.25, -0.2) is 8.42 Å². The number of carbonyl (C=O) groups excluding carboxylic acids is 1. The summed E-state index contributed by atoms with van der Waals surface area (Å²) < 4.78 is 34.6. The van der Waals surface area contributed by atoms with Crippen LogP contribution in [0.2, 0.25) is 0 Å². The minimum atomic E-state index is -3.96. The molecule has 0 bridgehead atoms. The second-order valence-electron chi connectivity index (χ2n) is 8.78. The lowest BCUT2D eigenvalue weighted by atomic mass is 10.2. The zero-order valence-corrected chi connectivity index (χ0v) is 21.1. The fraction of sp³-hybridized carbons (Fsp3) is 0.296. The number of ether oxygens (including phenoxy) is 1. The van der Waals surface area contributed by atoms with Gasteiger partial charge < -0.3 is 15.2 Å². The van der Waals surface area contributed by atoms with Crippen LogP contribution in [0.3, 0.4) is 0 Å². The maximum absolute atomic E-state index is 13.7. The first-order valence-electron chi connectivity index (χ1n) is 11.9. The third-order valence-electron chi connectivity index (χ3n) is 6.00. The van der Waals surface area contributed by atoms with Gasteiger partial charge in [-0.2, -0.15) is 0 Å². The van der Waals surface area contributed by atoms with Crippen molar-refractivity contribution >= 4 is 27.3 Å². The molecule has 0 spiro atoms. The Balaban J connectivity index is 1.56. The first-order chi connectivity index (χ1) is 17.3. The van der Waals surface area contributed by atoms with Gasteiger partial charge in [-0.05, 0) is 92.2 Å². The van der Waals surface area contributed by atoms with E-state index in [1.807, 2.05) is 0 Å². The molecule has 1 heterocycles. The van der Waals surface area contributed by atoms with Gasteiger partial charge in [0.2, 0.25) is 5.91 Å². The maximum Gasteiger partial charge on any atom is 0.264 e. The SMILES string of the molecule is CC(=O)Nc1ccc(S(=O)(=O)N(Cc2cccc(O)c2)c2ccc(OCCN3CCCC3)cc2)cc1. The highest BCUT2D eigenvalue weighted by Crippen LogP contribution is 2.29. The molecule has 4 rings (SSSR count). The van der Waals surface area contributed by atoms with Crippen molar-refractivity contribution in [3.63, 3.8) is 0 Å². The number of sulfonamides is 1. The lowest BCUT2D eigenvalue weighted by molar-refractivity contribution is -0.114. The van der Waals surface area contributed by atoms with E-state index in [4.69, 9.17) is 4.74 Å². The molecule has 0 aromatic heterocycles. The number of anilines is 2. The number of phenols is 1. The van der Waals surface area contributed by atoms with Gasteiger partial charge >= 0.3 is 0 Å². The van der Waals surface area contributed by atoms with Crippen LogP contribution in [-0.2, 0) is 21.4 Å². The van der Waals surface area contributed by atoms with Crippen LogP contribution in [0.1, 0.15) is 25.3 Å². The van der Waals surface area contributed by atoms with Crippen molar-refractivity contribution in [3.05, 3.63) is 78.4 Å². The number of nitrogens with zero attached hydrogens (tertiary/aromatic N) is 2. The van der Waals surface area contributed by atoms with Gasteiger partial charge in [0.1, 0.15) is 18.1 Å². The zero-order valence-electron chi connectivity index (χ0n) is 20.3.